The Labute approximate surface area is 107 Å². The van der Waals surface area contributed by atoms with E-state index in [0.717, 1.165) is 0 Å². The van der Waals surface area contributed by atoms with Gasteiger partial charge in [-0.15, -0.1) is 0 Å². The Morgan fingerprint density at radius 1 is 1.44 bits per heavy atom. The van der Waals surface area contributed by atoms with Gasteiger partial charge in [-0.3, -0.25) is 4.79 Å². The molecule has 0 fully saturated rings. The number of hydrogen-bond acceptors (Lipinski definition) is 4. The number of carbonyl (C=O) groups is 2. The fraction of sp³-hybridized carbons (Fsp3) is 0.182. The van der Waals surface area contributed by atoms with E-state index in [1.807, 2.05) is 6.07 Å². The van der Waals surface area contributed by atoms with Crippen LogP contribution in [0.5, 0.6) is 0 Å². The molecule has 0 aliphatic carbocycles. The van der Waals surface area contributed by atoms with Crippen molar-refractivity contribution in [3.63, 3.8) is 0 Å². The van der Waals surface area contributed by atoms with E-state index >= 15 is 0 Å². The van der Waals surface area contributed by atoms with Crippen molar-refractivity contribution in [2.45, 2.75) is 12.5 Å². The number of benzene rings is 1. The van der Waals surface area contributed by atoms with Crippen LogP contribution in [0.15, 0.2) is 18.2 Å². The van der Waals surface area contributed by atoms with E-state index in [9.17, 15) is 9.59 Å². The average molecular weight is 269 g/mol. The van der Waals surface area contributed by atoms with Gasteiger partial charge in [0.05, 0.1) is 17.7 Å². The molecule has 0 spiro atoms. The smallest absolute Gasteiger partial charge is 0.326 e. The quantitative estimate of drug-likeness (QED) is 0.747. The predicted molar refractivity (Wildman–Crippen MR) is 63.5 cm³/mol. The minimum absolute atomic E-state index is 0.191. The maximum absolute atomic E-state index is 10.9. The zero-order valence-corrected chi connectivity index (χ0v) is 9.81. The van der Waals surface area contributed by atoms with Crippen molar-refractivity contribution in [1.82, 2.24) is 0 Å². The zero-order chi connectivity index (χ0) is 13.7. The molecule has 1 atom stereocenters. The van der Waals surface area contributed by atoms with Crippen LogP contribution < -0.4 is 5.32 Å². The van der Waals surface area contributed by atoms with Crippen LogP contribution in [-0.4, -0.2) is 28.2 Å². The highest BCUT2D eigenvalue weighted by Gasteiger charge is 2.21. The summed E-state index contributed by atoms with van der Waals surface area (Å²) in [5.74, 6) is -2.57. The second-order valence-electron chi connectivity index (χ2n) is 3.43. The van der Waals surface area contributed by atoms with Crippen molar-refractivity contribution in [3.05, 3.63) is 28.8 Å². The second kappa shape index (κ2) is 5.89. The highest BCUT2D eigenvalue weighted by molar-refractivity contribution is 6.30. The van der Waals surface area contributed by atoms with E-state index < -0.39 is 24.4 Å². The number of aliphatic carboxylic acids is 2. The molecule has 0 bridgehead atoms. The first-order valence-corrected chi connectivity index (χ1v) is 5.22. The largest absolute Gasteiger partial charge is 0.481 e. The van der Waals surface area contributed by atoms with Gasteiger partial charge < -0.3 is 15.5 Å². The van der Waals surface area contributed by atoms with E-state index in [0.29, 0.717) is 5.02 Å². The predicted octanol–water partition coefficient (Wildman–Crippen LogP) is 1.55. The number of anilines is 1. The van der Waals surface area contributed by atoms with Crippen molar-refractivity contribution in [3.8, 4) is 6.07 Å². The molecule has 0 radical (unpaired) electrons. The van der Waals surface area contributed by atoms with Gasteiger partial charge in [-0.25, -0.2) is 4.79 Å². The zero-order valence-electron chi connectivity index (χ0n) is 9.05. The SMILES string of the molecule is N#Cc1ccc(Cl)cc1NC(CC(=O)O)C(=O)O. The van der Waals surface area contributed by atoms with Crippen LogP contribution in [0.25, 0.3) is 0 Å². The molecule has 0 aromatic heterocycles. The Kier molecular flexibility index (Phi) is 4.52. The van der Waals surface area contributed by atoms with Crippen LogP contribution in [0, 0.1) is 11.3 Å². The number of rotatable bonds is 5. The average Bonchev–Trinajstić information content (AvgIpc) is 2.27. The lowest BCUT2D eigenvalue weighted by Crippen LogP contribution is -2.32. The molecule has 3 N–H and O–H groups in total. The van der Waals surface area contributed by atoms with Gasteiger partial charge in [0.1, 0.15) is 12.1 Å². The summed E-state index contributed by atoms with van der Waals surface area (Å²) in [6.45, 7) is 0. The summed E-state index contributed by atoms with van der Waals surface area (Å²) in [5.41, 5.74) is 0.384. The van der Waals surface area contributed by atoms with Crippen LogP contribution in [-0.2, 0) is 9.59 Å². The molecule has 18 heavy (non-hydrogen) atoms. The summed E-state index contributed by atoms with van der Waals surface area (Å²) < 4.78 is 0. The van der Waals surface area contributed by atoms with E-state index in [4.69, 9.17) is 27.1 Å². The van der Waals surface area contributed by atoms with Crippen LogP contribution in [0.3, 0.4) is 0 Å². The minimum atomic E-state index is -1.33. The molecule has 0 amide bonds. The summed E-state index contributed by atoms with van der Waals surface area (Å²) in [6, 6.07) is 4.81. The normalized spacial score (nSPS) is 11.3. The first-order valence-electron chi connectivity index (χ1n) is 4.85. The molecule has 0 saturated heterocycles. The number of hydrogen-bond donors (Lipinski definition) is 3. The maximum Gasteiger partial charge on any atom is 0.326 e. The molecule has 1 rings (SSSR count). The third-order valence-corrected chi connectivity index (χ3v) is 2.34. The summed E-state index contributed by atoms with van der Waals surface area (Å²) in [4.78, 5) is 21.4. The molecule has 0 aliphatic heterocycles. The van der Waals surface area contributed by atoms with Crippen molar-refractivity contribution in [2.75, 3.05) is 5.32 Å². The monoisotopic (exact) mass is 268 g/mol. The number of nitrogens with zero attached hydrogens (tertiary/aromatic N) is 1. The molecular formula is C11H9ClN2O4. The first-order chi connectivity index (χ1) is 8.43. The molecule has 1 aromatic carbocycles. The van der Waals surface area contributed by atoms with E-state index in [2.05, 4.69) is 5.32 Å². The topological polar surface area (TPSA) is 110 Å². The van der Waals surface area contributed by atoms with Gasteiger partial charge in [0.15, 0.2) is 0 Å². The molecule has 0 aliphatic rings. The van der Waals surface area contributed by atoms with Gasteiger partial charge >= 0.3 is 11.9 Å². The fourth-order valence-corrected chi connectivity index (χ4v) is 1.47. The lowest BCUT2D eigenvalue weighted by Gasteiger charge is -2.14. The Balaban J connectivity index is 3.00. The van der Waals surface area contributed by atoms with Gasteiger partial charge in [0, 0.05) is 5.02 Å². The second-order valence-corrected chi connectivity index (χ2v) is 3.87. The van der Waals surface area contributed by atoms with Gasteiger partial charge in [-0.05, 0) is 18.2 Å². The van der Waals surface area contributed by atoms with Crippen LogP contribution >= 0.6 is 11.6 Å². The van der Waals surface area contributed by atoms with Crippen molar-refractivity contribution >= 4 is 29.2 Å². The van der Waals surface area contributed by atoms with Crippen molar-refractivity contribution in [2.24, 2.45) is 0 Å². The number of carboxylic acid groups (broad SMARTS) is 2. The molecule has 0 saturated carbocycles. The van der Waals surface area contributed by atoms with Crippen LogP contribution in [0.1, 0.15) is 12.0 Å². The van der Waals surface area contributed by atoms with Crippen LogP contribution in [0.4, 0.5) is 5.69 Å². The summed E-state index contributed by atoms with van der Waals surface area (Å²) in [7, 11) is 0. The highest BCUT2D eigenvalue weighted by atomic mass is 35.5. The lowest BCUT2D eigenvalue weighted by atomic mass is 10.1. The van der Waals surface area contributed by atoms with Crippen molar-refractivity contribution < 1.29 is 19.8 Å². The molecular weight excluding hydrogens is 260 g/mol. The standard InChI is InChI=1S/C11H9ClN2O4/c12-7-2-1-6(5-13)8(3-7)14-9(11(17)18)4-10(15)16/h1-3,9,14H,4H2,(H,15,16)(H,17,18). The third-order valence-electron chi connectivity index (χ3n) is 2.11. The number of nitriles is 1. The molecule has 0 heterocycles. The Bertz CT molecular complexity index is 524. The van der Waals surface area contributed by atoms with E-state index in [1.165, 1.54) is 18.2 Å². The molecule has 1 aromatic rings. The minimum Gasteiger partial charge on any atom is -0.481 e. The molecule has 6 nitrogen and oxygen atoms in total. The Morgan fingerprint density at radius 3 is 2.61 bits per heavy atom. The van der Waals surface area contributed by atoms with Gasteiger partial charge in [-0.2, -0.15) is 5.26 Å². The highest BCUT2D eigenvalue weighted by Crippen LogP contribution is 2.21. The van der Waals surface area contributed by atoms with Crippen molar-refractivity contribution in [1.29, 1.82) is 5.26 Å². The number of halogens is 1. The summed E-state index contributed by atoms with van der Waals surface area (Å²) >= 11 is 5.73. The third kappa shape index (κ3) is 3.64. The maximum atomic E-state index is 10.9. The molecule has 7 heteroatoms. The molecule has 94 valence electrons. The Morgan fingerprint density at radius 2 is 2.11 bits per heavy atom. The fourth-order valence-electron chi connectivity index (χ4n) is 1.30. The summed E-state index contributed by atoms with van der Waals surface area (Å²) in [6.07, 6.45) is -0.604. The Hall–Kier alpha value is -2.26. The lowest BCUT2D eigenvalue weighted by molar-refractivity contribution is -0.144. The first kappa shape index (κ1) is 13.8. The molecule has 1 unspecified atom stereocenters. The van der Waals surface area contributed by atoms with Gasteiger partial charge in [-0.1, -0.05) is 11.6 Å². The number of carboxylic acids is 2. The van der Waals surface area contributed by atoms with Gasteiger partial charge in [0.2, 0.25) is 0 Å². The van der Waals surface area contributed by atoms with E-state index in [1.54, 1.807) is 0 Å². The number of nitrogens with one attached hydrogen (secondary N) is 1. The van der Waals surface area contributed by atoms with Gasteiger partial charge in [0.25, 0.3) is 0 Å². The van der Waals surface area contributed by atoms with Crippen LogP contribution in [0.2, 0.25) is 5.02 Å². The summed E-state index contributed by atoms with van der Waals surface area (Å²) in [5, 5.41) is 29.1. The van der Waals surface area contributed by atoms with E-state index in [-0.39, 0.29) is 11.3 Å².